The molecule has 0 spiro atoms. The van der Waals surface area contributed by atoms with Crippen LogP contribution in [0.5, 0.6) is 0 Å². The van der Waals surface area contributed by atoms with Crippen LogP contribution in [0, 0.1) is 0 Å². The van der Waals surface area contributed by atoms with Crippen LogP contribution in [0.25, 0.3) is 0 Å². The smallest absolute Gasteiger partial charge is 0.0681 e. The lowest BCUT2D eigenvalue weighted by Gasteiger charge is -2.36. The van der Waals surface area contributed by atoms with Crippen molar-refractivity contribution in [3.8, 4) is 0 Å². The number of rotatable bonds is 5. The van der Waals surface area contributed by atoms with Crippen LogP contribution < -0.4 is 0 Å². The van der Waals surface area contributed by atoms with E-state index >= 15 is 0 Å². The number of hydrogen-bond acceptors (Lipinski definition) is 1. The lowest BCUT2D eigenvalue weighted by Crippen LogP contribution is -2.37. The Labute approximate surface area is 116 Å². The Morgan fingerprint density at radius 1 is 0.895 bits per heavy atom. The van der Waals surface area contributed by atoms with Gasteiger partial charge in [-0.3, -0.25) is 0 Å². The number of benzene rings is 2. The molecule has 0 bridgehead atoms. The van der Waals surface area contributed by atoms with Crippen LogP contribution in [-0.2, 0) is 10.2 Å². The third kappa shape index (κ3) is 2.71. The van der Waals surface area contributed by atoms with Gasteiger partial charge in [0, 0.05) is 12.0 Å². The third-order valence-corrected chi connectivity index (χ3v) is 3.98. The fourth-order valence-electron chi connectivity index (χ4n) is 2.62. The maximum absolute atomic E-state index is 5.92. The summed E-state index contributed by atoms with van der Waals surface area (Å²) in [6.45, 7) is 7.20. The minimum absolute atomic E-state index is 0.126. The lowest BCUT2D eigenvalue weighted by molar-refractivity contribution is 0.0350. The van der Waals surface area contributed by atoms with Crippen molar-refractivity contribution in [1.29, 1.82) is 0 Å². The van der Waals surface area contributed by atoms with E-state index in [0.717, 1.165) is 6.61 Å². The summed E-state index contributed by atoms with van der Waals surface area (Å²) in [5.41, 5.74) is 2.46. The first-order valence-electron chi connectivity index (χ1n) is 6.92. The fraction of sp³-hybridized carbons (Fsp3) is 0.333. The summed E-state index contributed by atoms with van der Waals surface area (Å²) in [6, 6.07) is 21.2. The van der Waals surface area contributed by atoms with Crippen LogP contribution in [0.2, 0.25) is 0 Å². The second-order valence-electron chi connectivity index (χ2n) is 5.03. The molecule has 0 heterocycles. The maximum atomic E-state index is 5.92. The standard InChI is InChI=1S/C18H22O/c1-4-19-15(2)18(3,16-11-7-5-8-12-16)17-13-9-6-10-14-17/h5-15H,4H2,1-3H3. The Morgan fingerprint density at radius 2 is 1.32 bits per heavy atom. The Hall–Kier alpha value is -1.60. The molecule has 0 aliphatic rings. The van der Waals surface area contributed by atoms with E-state index < -0.39 is 0 Å². The average Bonchev–Trinajstić information content (AvgIpc) is 2.48. The molecule has 0 saturated carbocycles. The van der Waals surface area contributed by atoms with Gasteiger partial charge in [-0.15, -0.1) is 0 Å². The van der Waals surface area contributed by atoms with E-state index in [-0.39, 0.29) is 11.5 Å². The fourth-order valence-corrected chi connectivity index (χ4v) is 2.62. The van der Waals surface area contributed by atoms with Crippen molar-refractivity contribution in [3.63, 3.8) is 0 Å². The minimum atomic E-state index is -0.126. The van der Waals surface area contributed by atoms with Crippen molar-refractivity contribution in [2.45, 2.75) is 32.3 Å². The summed E-state index contributed by atoms with van der Waals surface area (Å²) in [5.74, 6) is 0. The normalized spacial score (nSPS) is 13.2. The van der Waals surface area contributed by atoms with E-state index in [0.29, 0.717) is 0 Å². The van der Waals surface area contributed by atoms with Gasteiger partial charge in [-0.1, -0.05) is 60.7 Å². The van der Waals surface area contributed by atoms with Crippen molar-refractivity contribution < 1.29 is 4.74 Å². The van der Waals surface area contributed by atoms with Crippen LogP contribution in [0.3, 0.4) is 0 Å². The Balaban J connectivity index is 2.51. The van der Waals surface area contributed by atoms with Gasteiger partial charge in [0.15, 0.2) is 0 Å². The molecule has 19 heavy (non-hydrogen) atoms. The molecule has 2 aromatic carbocycles. The second-order valence-corrected chi connectivity index (χ2v) is 5.03. The summed E-state index contributed by atoms with van der Waals surface area (Å²) in [5, 5.41) is 0. The van der Waals surface area contributed by atoms with Gasteiger partial charge in [0.05, 0.1) is 6.10 Å². The highest BCUT2D eigenvalue weighted by Crippen LogP contribution is 2.36. The first-order chi connectivity index (χ1) is 9.19. The summed E-state index contributed by atoms with van der Waals surface area (Å²) in [4.78, 5) is 0. The quantitative estimate of drug-likeness (QED) is 0.767. The molecular weight excluding hydrogens is 232 g/mol. The molecule has 0 amide bonds. The summed E-state index contributed by atoms with van der Waals surface area (Å²) in [7, 11) is 0. The zero-order valence-electron chi connectivity index (χ0n) is 12.0. The van der Waals surface area contributed by atoms with Gasteiger partial charge >= 0.3 is 0 Å². The van der Waals surface area contributed by atoms with E-state index in [1.165, 1.54) is 11.1 Å². The van der Waals surface area contributed by atoms with Crippen molar-refractivity contribution in [3.05, 3.63) is 71.8 Å². The highest BCUT2D eigenvalue weighted by Gasteiger charge is 2.35. The van der Waals surface area contributed by atoms with Gasteiger partial charge in [0.25, 0.3) is 0 Å². The Kier molecular flexibility index (Phi) is 4.39. The molecule has 0 fully saturated rings. The molecule has 0 aromatic heterocycles. The van der Waals surface area contributed by atoms with Crippen molar-refractivity contribution in [1.82, 2.24) is 0 Å². The molecule has 0 saturated heterocycles. The molecule has 1 unspecified atom stereocenters. The largest absolute Gasteiger partial charge is 0.378 e. The number of ether oxygens (including phenoxy) is 1. The van der Waals surface area contributed by atoms with E-state index in [9.17, 15) is 0 Å². The highest BCUT2D eigenvalue weighted by atomic mass is 16.5. The third-order valence-electron chi connectivity index (χ3n) is 3.98. The first kappa shape index (κ1) is 13.8. The SMILES string of the molecule is CCOC(C)C(C)(c1ccccc1)c1ccccc1. The molecule has 0 N–H and O–H groups in total. The second kappa shape index (κ2) is 6.03. The van der Waals surface area contributed by atoms with Crippen LogP contribution in [-0.4, -0.2) is 12.7 Å². The minimum Gasteiger partial charge on any atom is -0.378 e. The van der Waals surface area contributed by atoms with Gasteiger partial charge in [0.1, 0.15) is 0 Å². The summed E-state index contributed by atoms with van der Waals surface area (Å²) in [6.07, 6.45) is 0.127. The molecule has 0 radical (unpaired) electrons. The van der Waals surface area contributed by atoms with Crippen molar-refractivity contribution in [2.24, 2.45) is 0 Å². The summed E-state index contributed by atoms with van der Waals surface area (Å²) >= 11 is 0. The molecule has 0 aliphatic heterocycles. The zero-order chi connectivity index (χ0) is 13.7. The lowest BCUT2D eigenvalue weighted by atomic mass is 9.72. The maximum Gasteiger partial charge on any atom is 0.0681 e. The highest BCUT2D eigenvalue weighted by molar-refractivity contribution is 5.39. The van der Waals surface area contributed by atoms with E-state index in [4.69, 9.17) is 4.74 Å². The molecule has 0 aliphatic carbocycles. The predicted octanol–water partition coefficient (Wildman–Crippen LogP) is 4.42. The van der Waals surface area contributed by atoms with Gasteiger partial charge in [-0.05, 0) is 31.9 Å². The molecule has 1 nitrogen and oxygen atoms in total. The van der Waals surface area contributed by atoms with Gasteiger partial charge in [-0.2, -0.15) is 0 Å². The molecule has 1 atom stereocenters. The van der Waals surface area contributed by atoms with Gasteiger partial charge in [0.2, 0.25) is 0 Å². The van der Waals surface area contributed by atoms with E-state index in [1.54, 1.807) is 0 Å². The van der Waals surface area contributed by atoms with Gasteiger partial charge in [-0.25, -0.2) is 0 Å². The van der Waals surface area contributed by atoms with Crippen LogP contribution in [0.15, 0.2) is 60.7 Å². The van der Waals surface area contributed by atoms with E-state index in [1.807, 2.05) is 6.92 Å². The molecule has 2 aromatic rings. The van der Waals surface area contributed by atoms with Crippen LogP contribution in [0.1, 0.15) is 31.9 Å². The van der Waals surface area contributed by atoms with Crippen LogP contribution >= 0.6 is 0 Å². The molecular formula is C18H22O. The first-order valence-corrected chi connectivity index (χ1v) is 6.92. The van der Waals surface area contributed by atoms with E-state index in [2.05, 4.69) is 74.5 Å². The molecule has 100 valence electrons. The van der Waals surface area contributed by atoms with Crippen molar-refractivity contribution >= 4 is 0 Å². The predicted molar refractivity (Wildman–Crippen MR) is 80.4 cm³/mol. The zero-order valence-corrected chi connectivity index (χ0v) is 12.0. The van der Waals surface area contributed by atoms with Gasteiger partial charge < -0.3 is 4.74 Å². The monoisotopic (exact) mass is 254 g/mol. The Morgan fingerprint density at radius 3 is 1.68 bits per heavy atom. The topological polar surface area (TPSA) is 9.23 Å². The molecule has 1 heteroatoms. The average molecular weight is 254 g/mol. The molecule has 2 rings (SSSR count). The van der Waals surface area contributed by atoms with Crippen LogP contribution in [0.4, 0.5) is 0 Å². The number of hydrogen-bond donors (Lipinski definition) is 0. The van der Waals surface area contributed by atoms with Crippen molar-refractivity contribution in [2.75, 3.05) is 6.61 Å². The Bertz CT molecular complexity index is 450. The summed E-state index contributed by atoms with van der Waals surface area (Å²) < 4.78 is 5.92.